The van der Waals surface area contributed by atoms with E-state index < -0.39 is 17.1 Å². The number of aliphatic hydroxyl groups excluding tert-OH is 1. The van der Waals surface area contributed by atoms with Gasteiger partial charge in [0.25, 0.3) is 5.22 Å². The first-order valence-electron chi connectivity index (χ1n) is 14.6. The molecule has 3 fully saturated rings. The molecule has 3 saturated carbocycles. The Morgan fingerprint density at radius 2 is 2.20 bits per heavy atom. The highest BCUT2D eigenvalue weighted by molar-refractivity contribution is 7.99. The normalized spacial score (nSPS) is 35.6. The molecule has 0 spiro atoms. The molecule has 4 aliphatic rings. The smallest absolute Gasteiger partial charge is 0.258 e. The Morgan fingerprint density at radius 3 is 3.00 bits per heavy atom. The van der Waals surface area contributed by atoms with Gasteiger partial charge in [-0.2, -0.15) is 15.3 Å². The summed E-state index contributed by atoms with van der Waals surface area (Å²) in [6.07, 6.45) is 9.87. The van der Waals surface area contributed by atoms with Crippen molar-refractivity contribution >= 4 is 34.9 Å². The minimum Gasteiger partial charge on any atom is -0.430 e. The fourth-order valence-corrected chi connectivity index (χ4v) is 9.89. The SMILES string of the molecule is CC12Cc3cnn(CCC#N)c3C=C1CCC1C2[C@@H](O)CC2(C)C1CC[C@]2(O)C(=O)CSc1nc2ncccc2o1. The van der Waals surface area contributed by atoms with E-state index in [9.17, 15) is 15.0 Å². The van der Waals surface area contributed by atoms with E-state index in [2.05, 4.69) is 34.1 Å². The van der Waals surface area contributed by atoms with E-state index in [0.29, 0.717) is 42.3 Å². The van der Waals surface area contributed by atoms with E-state index in [0.717, 1.165) is 31.4 Å². The number of ketones is 1. The highest BCUT2D eigenvalue weighted by atomic mass is 32.2. The summed E-state index contributed by atoms with van der Waals surface area (Å²) in [5.74, 6) is 0.261. The van der Waals surface area contributed by atoms with Crippen molar-refractivity contribution in [3.05, 3.63) is 41.4 Å². The molecular weight excluding hydrogens is 538 g/mol. The Labute approximate surface area is 243 Å². The Morgan fingerprint density at radius 1 is 1.34 bits per heavy atom. The first-order valence-corrected chi connectivity index (χ1v) is 15.6. The summed E-state index contributed by atoms with van der Waals surface area (Å²) in [6.45, 7) is 4.90. The average molecular weight is 574 g/mol. The number of oxazole rings is 1. The Bertz CT molecular complexity index is 1570. The molecule has 41 heavy (non-hydrogen) atoms. The van der Waals surface area contributed by atoms with Crippen LogP contribution in [0.3, 0.4) is 0 Å². The minimum absolute atomic E-state index is 0.0512. The van der Waals surface area contributed by atoms with Gasteiger partial charge in [0.2, 0.25) is 0 Å². The van der Waals surface area contributed by atoms with Crippen molar-refractivity contribution < 1.29 is 19.4 Å². The molecule has 0 aliphatic heterocycles. The van der Waals surface area contributed by atoms with Gasteiger partial charge in [-0.1, -0.05) is 31.2 Å². The number of allylic oxidation sites excluding steroid dienone is 1. The lowest BCUT2D eigenvalue weighted by Crippen LogP contribution is -2.62. The lowest BCUT2D eigenvalue weighted by Gasteiger charge is -2.60. The summed E-state index contributed by atoms with van der Waals surface area (Å²) in [7, 11) is 0. The molecule has 214 valence electrons. The Hall–Kier alpha value is -3.00. The number of carbonyl (C=O) groups is 1. The number of hydrogen-bond donors (Lipinski definition) is 2. The largest absolute Gasteiger partial charge is 0.430 e. The van der Waals surface area contributed by atoms with Crippen LogP contribution in [-0.2, 0) is 17.8 Å². The quantitative estimate of drug-likeness (QED) is 0.406. The molecule has 9 nitrogen and oxygen atoms in total. The van der Waals surface area contributed by atoms with Crippen LogP contribution < -0.4 is 0 Å². The summed E-state index contributed by atoms with van der Waals surface area (Å²) in [4.78, 5) is 22.3. The van der Waals surface area contributed by atoms with Crippen LogP contribution in [0.15, 0.2) is 39.7 Å². The predicted octanol–water partition coefficient (Wildman–Crippen LogP) is 4.58. The number of fused-ring (bicyclic) bond motifs is 7. The van der Waals surface area contributed by atoms with Gasteiger partial charge in [-0.25, -0.2) is 4.98 Å². The van der Waals surface area contributed by atoms with Crippen molar-refractivity contribution in [3.63, 3.8) is 0 Å². The summed E-state index contributed by atoms with van der Waals surface area (Å²) in [6, 6.07) is 5.77. The van der Waals surface area contributed by atoms with Crippen molar-refractivity contribution in [2.24, 2.45) is 28.6 Å². The van der Waals surface area contributed by atoms with Crippen LogP contribution >= 0.6 is 11.8 Å². The molecular formula is C31H35N5O4S. The molecule has 3 aromatic rings. The highest BCUT2D eigenvalue weighted by Gasteiger charge is 2.68. The third-order valence-electron chi connectivity index (χ3n) is 11.0. The number of hydrogen-bond acceptors (Lipinski definition) is 9. The molecule has 0 bridgehead atoms. The monoisotopic (exact) mass is 573 g/mol. The van der Waals surface area contributed by atoms with Gasteiger partial charge in [0.1, 0.15) is 5.60 Å². The molecule has 0 aromatic carbocycles. The number of thioether (sulfide) groups is 1. The summed E-state index contributed by atoms with van der Waals surface area (Å²) < 4.78 is 7.66. The van der Waals surface area contributed by atoms with E-state index in [4.69, 9.17) is 9.68 Å². The van der Waals surface area contributed by atoms with Gasteiger partial charge < -0.3 is 14.6 Å². The van der Waals surface area contributed by atoms with Gasteiger partial charge in [-0.3, -0.25) is 9.48 Å². The number of nitriles is 1. The van der Waals surface area contributed by atoms with Crippen molar-refractivity contribution in [1.82, 2.24) is 19.7 Å². The first-order chi connectivity index (χ1) is 19.7. The van der Waals surface area contributed by atoms with Gasteiger partial charge >= 0.3 is 0 Å². The molecule has 0 saturated heterocycles. The summed E-state index contributed by atoms with van der Waals surface area (Å²) >= 11 is 1.19. The van der Waals surface area contributed by atoms with Crippen molar-refractivity contribution in [2.75, 3.05) is 5.75 Å². The Balaban J connectivity index is 1.13. The van der Waals surface area contributed by atoms with Gasteiger partial charge in [-0.05, 0) is 85.5 Å². The number of Topliss-reactive ketones (excluding diaryl/α,β-unsaturated/α-hetero) is 1. The topological polar surface area (TPSA) is 138 Å². The fourth-order valence-electron chi connectivity index (χ4n) is 9.09. The van der Waals surface area contributed by atoms with E-state index in [1.54, 1.807) is 18.3 Å². The van der Waals surface area contributed by atoms with Crippen LogP contribution in [0.4, 0.5) is 0 Å². The zero-order chi connectivity index (χ0) is 28.6. The van der Waals surface area contributed by atoms with Crippen molar-refractivity contribution in [2.45, 2.75) is 82.3 Å². The maximum Gasteiger partial charge on any atom is 0.258 e. The van der Waals surface area contributed by atoms with Crippen LogP contribution in [0.2, 0.25) is 0 Å². The standard InChI is InChI=1S/C31H35N5O4S/c1-29-14-18-16-34-36(12-4-10-32)22(18)13-19(29)6-7-20-21-8-9-31(39,30(21,2)15-23(37)26(20)29)25(38)17-41-28-35-27-24(40-28)5-3-11-33-27/h3,5,11,13,16,20-21,23,26,37,39H,4,6-9,12,14-15,17H2,1-2H3/t20?,21?,23-,26?,29?,30?,31-/m0/s1. The number of aromatic nitrogens is 4. The zero-order valence-electron chi connectivity index (χ0n) is 23.4. The molecule has 5 unspecified atom stereocenters. The van der Waals surface area contributed by atoms with Crippen LogP contribution in [0.1, 0.15) is 63.6 Å². The number of aryl methyl sites for hydroxylation is 1. The van der Waals surface area contributed by atoms with E-state index >= 15 is 0 Å². The van der Waals surface area contributed by atoms with Crippen molar-refractivity contribution in [1.29, 1.82) is 5.26 Å². The maximum absolute atomic E-state index is 13.7. The number of pyridine rings is 1. The second-order valence-electron chi connectivity index (χ2n) is 12.9. The number of rotatable bonds is 6. The third kappa shape index (κ3) is 3.89. The van der Waals surface area contributed by atoms with Crippen molar-refractivity contribution in [3.8, 4) is 6.07 Å². The van der Waals surface area contributed by atoms with Crippen LogP contribution in [0.25, 0.3) is 17.3 Å². The molecule has 0 amide bonds. The second kappa shape index (κ2) is 9.51. The molecule has 4 aliphatic carbocycles. The second-order valence-corrected chi connectivity index (χ2v) is 13.8. The van der Waals surface area contributed by atoms with E-state index in [-0.39, 0.29) is 34.7 Å². The molecule has 10 heteroatoms. The van der Waals surface area contributed by atoms with Crippen LogP contribution in [-0.4, -0.2) is 53.2 Å². The summed E-state index contributed by atoms with van der Waals surface area (Å²) in [5, 5.41) is 37.9. The zero-order valence-corrected chi connectivity index (χ0v) is 24.2. The minimum atomic E-state index is -1.50. The molecule has 0 radical (unpaired) electrons. The Kier molecular flexibility index (Phi) is 6.23. The maximum atomic E-state index is 13.7. The number of aliphatic hydroxyl groups is 2. The summed E-state index contributed by atoms with van der Waals surface area (Å²) in [5.41, 5.74) is 2.27. The first kappa shape index (κ1) is 26.9. The fraction of sp³-hybridized carbons (Fsp3) is 0.581. The average Bonchev–Trinajstić information content (AvgIpc) is 3.62. The third-order valence-corrected chi connectivity index (χ3v) is 11.8. The van der Waals surface area contributed by atoms with E-state index in [1.165, 1.54) is 22.9 Å². The van der Waals surface area contributed by atoms with Gasteiger partial charge in [0.05, 0.1) is 42.8 Å². The number of carbonyl (C=O) groups excluding carboxylic acids is 1. The molecule has 7 rings (SSSR count). The molecule has 3 aromatic heterocycles. The molecule has 7 atom stereocenters. The lowest BCUT2D eigenvalue weighted by molar-refractivity contribution is -0.177. The number of nitrogens with zero attached hydrogens (tertiary/aromatic N) is 5. The van der Waals surface area contributed by atoms with Crippen LogP contribution in [0, 0.1) is 39.9 Å². The lowest BCUT2D eigenvalue weighted by atomic mass is 9.45. The van der Waals surface area contributed by atoms with Gasteiger partial charge in [0.15, 0.2) is 17.0 Å². The van der Waals surface area contributed by atoms with Crippen LogP contribution in [0.5, 0.6) is 0 Å². The van der Waals surface area contributed by atoms with Gasteiger partial charge in [0, 0.05) is 11.6 Å². The predicted molar refractivity (Wildman–Crippen MR) is 152 cm³/mol. The van der Waals surface area contributed by atoms with E-state index in [1.807, 2.05) is 17.8 Å². The highest BCUT2D eigenvalue weighted by Crippen LogP contribution is 2.67. The molecule has 3 heterocycles. The van der Waals surface area contributed by atoms with Gasteiger partial charge in [-0.15, -0.1) is 0 Å². The molecule has 2 N–H and O–H groups in total.